The Bertz CT molecular complexity index is 553. The van der Waals surface area contributed by atoms with Gasteiger partial charge >= 0.3 is 0 Å². The predicted molar refractivity (Wildman–Crippen MR) is 71.8 cm³/mol. The van der Waals surface area contributed by atoms with E-state index in [-0.39, 0.29) is 17.6 Å². The van der Waals surface area contributed by atoms with Crippen LogP contribution in [0.15, 0.2) is 30.6 Å². The first-order valence-corrected chi connectivity index (χ1v) is 6.31. The van der Waals surface area contributed by atoms with Crippen LogP contribution in [0.4, 0.5) is 4.39 Å². The summed E-state index contributed by atoms with van der Waals surface area (Å²) in [6.07, 6.45) is 3.34. The Morgan fingerprint density at radius 1 is 1.47 bits per heavy atom. The number of aromatic nitrogens is 2. The van der Waals surface area contributed by atoms with Crippen molar-refractivity contribution in [1.29, 1.82) is 0 Å². The summed E-state index contributed by atoms with van der Waals surface area (Å²) in [4.78, 5) is 0. The van der Waals surface area contributed by atoms with E-state index in [0.29, 0.717) is 5.75 Å². The molecular weight excluding hydrogens is 245 g/mol. The smallest absolute Gasteiger partial charge is 0.167 e. The number of hydrogen-bond acceptors (Lipinski definition) is 3. The molecule has 0 aliphatic rings. The van der Waals surface area contributed by atoms with Gasteiger partial charge in [0.2, 0.25) is 0 Å². The highest BCUT2D eigenvalue weighted by Gasteiger charge is 2.15. The molecule has 1 heterocycles. The number of para-hydroxylation sites is 1. The van der Waals surface area contributed by atoms with Gasteiger partial charge in [0.1, 0.15) is 0 Å². The van der Waals surface area contributed by atoms with E-state index in [4.69, 9.17) is 4.74 Å². The van der Waals surface area contributed by atoms with Gasteiger partial charge in [0.15, 0.2) is 17.3 Å². The van der Waals surface area contributed by atoms with E-state index in [1.54, 1.807) is 23.1 Å². The molecule has 19 heavy (non-hydrogen) atoms. The molecule has 1 aromatic carbocycles. The third kappa shape index (κ3) is 2.93. The zero-order valence-electron chi connectivity index (χ0n) is 11.4. The molecule has 0 aliphatic heterocycles. The topological polar surface area (TPSA) is 39.1 Å². The zero-order valence-corrected chi connectivity index (χ0v) is 11.4. The Kier molecular flexibility index (Phi) is 4.16. The molecule has 1 unspecified atom stereocenters. The minimum Gasteiger partial charge on any atom is -0.451 e. The van der Waals surface area contributed by atoms with Crippen molar-refractivity contribution in [3.63, 3.8) is 0 Å². The minimum absolute atomic E-state index is 0.00641. The maximum Gasteiger partial charge on any atom is 0.167 e. The van der Waals surface area contributed by atoms with Crippen LogP contribution in [0.25, 0.3) is 0 Å². The van der Waals surface area contributed by atoms with E-state index >= 15 is 0 Å². The van der Waals surface area contributed by atoms with Gasteiger partial charge in [-0.25, -0.2) is 4.39 Å². The second-order valence-corrected chi connectivity index (χ2v) is 4.30. The predicted octanol–water partition coefficient (Wildman–Crippen LogP) is 3.11. The Morgan fingerprint density at radius 2 is 2.26 bits per heavy atom. The van der Waals surface area contributed by atoms with Gasteiger partial charge < -0.3 is 10.1 Å². The molecule has 1 N–H and O–H groups in total. The molecule has 0 radical (unpaired) electrons. The number of nitrogens with one attached hydrogen (secondary N) is 1. The molecule has 1 aromatic heterocycles. The highest BCUT2D eigenvalue weighted by molar-refractivity contribution is 5.39. The molecule has 0 saturated heterocycles. The second-order valence-electron chi connectivity index (χ2n) is 4.30. The summed E-state index contributed by atoms with van der Waals surface area (Å²) in [5, 5.41) is 7.19. The maximum atomic E-state index is 13.9. The van der Waals surface area contributed by atoms with Crippen LogP contribution in [-0.4, -0.2) is 16.8 Å². The molecule has 2 rings (SSSR count). The lowest BCUT2D eigenvalue weighted by Gasteiger charge is -2.16. The summed E-state index contributed by atoms with van der Waals surface area (Å²) in [5.74, 6) is 0.417. The SMILES string of the molecule is CCn1cc(Oc2c(F)cccc2C(C)NC)cn1. The van der Waals surface area contributed by atoms with Gasteiger partial charge in [-0.15, -0.1) is 0 Å². The Balaban J connectivity index is 2.32. The van der Waals surface area contributed by atoms with Gasteiger partial charge in [0.05, 0.1) is 12.4 Å². The lowest BCUT2D eigenvalue weighted by Crippen LogP contribution is -2.13. The average molecular weight is 263 g/mol. The number of nitrogens with zero attached hydrogens (tertiary/aromatic N) is 2. The van der Waals surface area contributed by atoms with Crippen LogP contribution in [0.2, 0.25) is 0 Å². The van der Waals surface area contributed by atoms with Crippen LogP contribution in [-0.2, 0) is 6.54 Å². The van der Waals surface area contributed by atoms with E-state index in [0.717, 1.165) is 12.1 Å². The molecule has 4 nitrogen and oxygen atoms in total. The van der Waals surface area contributed by atoms with Gasteiger partial charge in [-0.3, -0.25) is 4.68 Å². The number of aryl methyl sites for hydroxylation is 1. The summed E-state index contributed by atoms with van der Waals surface area (Å²) in [7, 11) is 1.83. The molecule has 0 amide bonds. The highest BCUT2D eigenvalue weighted by Crippen LogP contribution is 2.31. The number of benzene rings is 1. The number of halogens is 1. The monoisotopic (exact) mass is 263 g/mol. The van der Waals surface area contributed by atoms with Gasteiger partial charge in [0.25, 0.3) is 0 Å². The molecule has 0 saturated carbocycles. The second kappa shape index (κ2) is 5.84. The maximum absolute atomic E-state index is 13.9. The quantitative estimate of drug-likeness (QED) is 0.900. The molecular formula is C14H18FN3O. The van der Waals surface area contributed by atoms with E-state index in [1.807, 2.05) is 27.0 Å². The van der Waals surface area contributed by atoms with Crippen molar-refractivity contribution in [3.05, 3.63) is 42.0 Å². The number of hydrogen-bond donors (Lipinski definition) is 1. The lowest BCUT2D eigenvalue weighted by molar-refractivity contribution is 0.427. The fraction of sp³-hybridized carbons (Fsp3) is 0.357. The molecule has 0 aliphatic carbocycles. The van der Waals surface area contributed by atoms with Crippen molar-refractivity contribution in [3.8, 4) is 11.5 Å². The van der Waals surface area contributed by atoms with Crippen LogP contribution < -0.4 is 10.1 Å². The Hall–Kier alpha value is -1.88. The first-order chi connectivity index (χ1) is 9.15. The van der Waals surface area contributed by atoms with Crippen molar-refractivity contribution in [2.24, 2.45) is 0 Å². The van der Waals surface area contributed by atoms with Crippen molar-refractivity contribution in [1.82, 2.24) is 15.1 Å². The van der Waals surface area contributed by atoms with Gasteiger partial charge in [-0.2, -0.15) is 5.10 Å². The summed E-state index contributed by atoms with van der Waals surface area (Å²) >= 11 is 0. The van der Waals surface area contributed by atoms with E-state index in [9.17, 15) is 4.39 Å². The average Bonchev–Trinajstić information content (AvgIpc) is 2.88. The standard InChI is InChI=1S/C14H18FN3O/c1-4-18-9-11(8-17-18)19-14-12(10(2)16-3)6-5-7-13(14)15/h5-10,16H,4H2,1-3H3. The number of ether oxygens (including phenoxy) is 1. The molecule has 0 fully saturated rings. The Morgan fingerprint density at radius 3 is 2.89 bits per heavy atom. The van der Waals surface area contributed by atoms with Crippen LogP contribution in [0.1, 0.15) is 25.5 Å². The van der Waals surface area contributed by atoms with Crippen molar-refractivity contribution >= 4 is 0 Å². The first-order valence-electron chi connectivity index (χ1n) is 6.31. The van der Waals surface area contributed by atoms with Crippen LogP contribution >= 0.6 is 0 Å². The summed E-state index contributed by atoms with van der Waals surface area (Å²) in [6.45, 7) is 4.69. The minimum atomic E-state index is -0.371. The van der Waals surface area contributed by atoms with Crippen LogP contribution in [0.3, 0.4) is 0 Å². The van der Waals surface area contributed by atoms with Crippen molar-refractivity contribution in [2.75, 3.05) is 7.05 Å². The molecule has 5 heteroatoms. The first kappa shape index (κ1) is 13.5. The normalized spacial score (nSPS) is 12.4. The molecule has 0 spiro atoms. The fourth-order valence-corrected chi connectivity index (χ4v) is 1.82. The van der Waals surface area contributed by atoms with Crippen LogP contribution in [0.5, 0.6) is 11.5 Å². The molecule has 0 bridgehead atoms. The molecule has 102 valence electrons. The van der Waals surface area contributed by atoms with E-state index in [1.165, 1.54) is 6.07 Å². The summed E-state index contributed by atoms with van der Waals surface area (Å²) in [5.41, 5.74) is 0.784. The third-order valence-electron chi connectivity index (χ3n) is 3.05. The van der Waals surface area contributed by atoms with E-state index < -0.39 is 0 Å². The molecule has 2 aromatic rings. The van der Waals surface area contributed by atoms with Crippen molar-refractivity contribution < 1.29 is 9.13 Å². The molecule has 1 atom stereocenters. The van der Waals surface area contributed by atoms with E-state index in [2.05, 4.69) is 10.4 Å². The highest BCUT2D eigenvalue weighted by atomic mass is 19.1. The van der Waals surface area contributed by atoms with Crippen molar-refractivity contribution in [2.45, 2.75) is 26.4 Å². The number of rotatable bonds is 5. The summed E-state index contributed by atoms with van der Waals surface area (Å²) in [6, 6.07) is 4.93. The van der Waals surface area contributed by atoms with Gasteiger partial charge in [0, 0.05) is 18.2 Å². The Labute approximate surface area is 112 Å². The lowest BCUT2D eigenvalue weighted by atomic mass is 10.1. The fourth-order valence-electron chi connectivity index (χ4n) is 1.82. The van der Waals surface area contributed by atoms with Gasteiger partial charge in [-0.1, -0.05) is 12.1 Å². The zero-order chi connectivity index (χ0) is 13.8. The van der Waals surface area contributed by atoms with Gasteiger partial charge in [-0.05, 0) is 27.0 Å². The van der Waals surface area contributed by atoms with Crippen LogP contribution in [0, 0.1) is 5.82 Å². The third-order valence-corrected chi connectivity index (χ3v) is 3.05. The largest absolute Gasteiger partial charge is 0.451 e. The summed E-state index contributed by atoms with van der Waals surface area (Å²) < 4.78 is 21.3.